The number of hydrogen-bond acceptors (Lipinski definition) is 5. The van der Waals surface area contributed by atoms with Gasteiger partial charge in [0.25, 0.3) is 11.5 Å². The van der Waals surface area contributed by atoms with Gasteiger partial charge < -0.3 is 5.11 Å². The fraction of sp³-hybridized carbons (Fsp3) is 0.0909. The average molecular weight is 402 g/mol. The minimum absolute atomic E-state index is 0.147. The number of para-hydroxylation sites is 1. The first-order valence-electron chi connectivity index (χ1n) is 9.19. The van der Waals surface area contributed by atoms with Gasteiger partial charge in [-0.2, -0.15) is 10.1 Å². The highest BCUT2D eigenvalue weighted by atomic mass is 16.3. The molecule has 2 heterocycles. The summed E-state index contributed by atoms with van der Waals surface area (Å²) in [6, 6.07) is 15.7. The molecule has 2 N–H and O–H groups in total. The van der Waals surface area contributed by atoms with E-state index in [0.29, 0.717) is 17.1 Å². The van der Waals surface area contributed by atoms with Crippen molar-refractivity contribution in [3.05, 3.63) is 92.1 Å². The van der Waals surface area contributed by atoms with Crippen molar-refractivity contribution in [3.63, 3.8) is 0 Å². The van der Waals surface area contributed by atoms with Crippen LogP contribution in [0, 0.1) is 6.92 Å². The van der Waals surface area contributed by atoms with E-state index in [4.69, 9.17) is 0 Å². The summed E-state index contributed by atoms with van der Waals surface area (Å²) in [5, 5.41) is 16.2. The summed E-state index contributed by atoms with van der Waals surface area (Å²) in [4.78, 5) is 39.8. The quantitative estimate of drug-likeness (QED) is 0.656. The number of amides is 1. The Morgan fingerprint density at radius 2 is 1.60 bits per heavy atom. The van der Waals surface area contributed by atoms with Crippen LogP contribution in [0.1, 0.15) is 18.1 Å². The highest BCUT2D eigenvalue weighted by molar-refractivity contribution is 6.32. The number of H-pyrrole nitrogens is 1. The molecule has 0 bridgehead atoms. The fourth-order valence-corrected chi connectivity index (χ4v) is 3.17. The highest BCUT2D eigenvalue weighted by Gasteiger charge is 2.29. The Labute approximate surface area is 171 Å². The molecule has 1 aliphatic heterocycles. The number of anilines is 1. The number of benzene rings is 2. The van der Waals surface area contributed by atoms with Gasteiger partial charge in [-0.25, -0.2) is 9.36 Å². The van der Waals surface area contributed by atoms with Gasteiger partial charge in [-0.3, -0.25) is 14.6 Å². The molecule has 4 rings (SSSR count). The van der Waals surface area contributed by atoms with Crippen molar-refractivity contribution in [3.8, 4) is 11.6 Å². The van der Waals surface area contributed by atoms with Crippen LogP contribution >= 0.6 is 0 Å². The normalized spacial score (nSPS) is 15.0. The lowest BCUT2D eigenvalue weighted by atomic mass is 10.1. The van der Waals surface area contributed by atoms with Crippen LogP contribution in [0.2, 0.25) is 0 Å². The second-order valence-corrected chi connectivity index (χ2v) is 6.86. The van der Waals surface area contributed by atoms with E-state index in [2.05, 4.69) is 10.1 Å². The zero-order valence-corrected chi connectivity index (χ0v) is 16.3. The lowest BCUT2D eigenvalue weighted by Crippen LogP contribution is -2.30. The zero-order chi connectivity index (χ0) is 21.4. The molecule has 1 aliphatic rings. The molecule has 0 saturated heterocycles. The van der Waals surface area contributed by atoms with Gasteiger partial charge in [0.2, 0.25) is 5.88 Å². The molecule has 1 aromatic heterocycles. The third kappa shape index (κ3) is 3.24. The van der Waals surface area contributed by atoms with Gasteiger partial charge in [-0.15, -0.1) is 0 Å². The molecule has 8 nitrogen and oxygen atoms in total. The number of carbonyl (C=O) groups excluding carboxylic acids is 1. The maximum absolute atomic E-state index is 12.9. The van der Waals surface area contributed by atoms with E-state index < -0.39 is 23.0 Å². The predicted molar refractivity (Wildman–Crippen MR) is 114 cm³/mol. The summed E-state index contributed by atoms with van der Waals surface area (Å²) in [5.41, 5.74) is 0.681. The molecule has 30 heavy (non-hydrogen) atoms. The molecule has 8 heteroatoms. The van der Waals surface area contributed by atoms with Gasteiger partial charge in [-0.05, 0) is 44.2 Å². The van der Waals surface area contributed by atoms with E-state index in [9.17, 15) is 19.5 Å². The van der Waals surface area contributed by atoms with Crippen molar-refractivity contribution in [1.29, 1.82) is 0 Å². The third-order valence-electron chi connectivity index (χ3n) is 4.77. The molecule has 0 radical (unpaired) electrons. The molecular formula is C22H18N4O4. The van der Waals surface area contributed by atoms with E-state index >= 15 is 0 Å². The molecule has 0 fully saturated rings. The summed E-state index contributed by atoms with van der Waals surface area (Å²) < 4.78 is 0.980. The number of rotatable bonds is 3. The molecule has 0 unspecified atom stereocenters. The number of aromatic amines is 1. The monoisotopic (exact) mass is 402 g/mol. The van der Waals surface area contributed by atoms with Crippen LogP contribution in [0.15, 0.2) is 74.9 Å². The minimum atomic E-state index is -0.799. The van der Waals surface area contributed by atoms with Gasteiger partial charge >= 0.3 is 5.69 Å². The Bertz CT molecular complexity index is 1320. The van der Waals surface area contributed by atoms with E-state index in [1.165, 1.54) is 11.1 Å². The number of aromatic nitrogens is 2. The Morgan fingerprint density at radius 1 is 0.933 bits per heavy atom. The number of aryl methyl sites for hydroxylation is 1. The molecule has 0 aliphatic carbocycles. The Hall–Kier alpha value is -4.20. The Morgan fingerprint density at radius 3 is 2.27 bits per heavy atom. The van der Waals surface area contributed by atoms with E-state index in [1.54, 1.807) is 55.5 Å². The zero-order valence-electron chi connectivity index (χ0n) is 16.3. The van der Waals surface area contributed by atoms with Crippen LogP contribution in [0.5, 0.6) is 5.88 Å². The third-order valence-corrected chi connectivity index (χ3v) is 4.77. The smallest absolute Gasteiger partial charge is 0.335 e. The molecule has 3 aromatic rings. The van der Waals surface area contributed by atoms with Crippen molar-refractivity contribution in [2.45, 2.75) is 13.8 Å². The average Bonchev–Trinajstić information content (AvgIpc) is 3.01. The second-order valence-electron chi connectivity index (χ2n) is 6.86. The SMILES string of the molecule is CC1=NN(c2ccccc2)C(=O)C1=Cc1c(O)n(-c2ccc(C)cc2)c(=O)[nH]c1=O. The molecule has 2 aromatic carbocycles. The van der Waals surface area contributed by atoms with Crippen molar-refractivity contribution in [2.75, 3.05) is 5.01 Å². The summed E-state index contributed by atoms with van der Waals surface area (Å²) in [5.74, 6) is -0.996. The van der Waals surface area contributed by atoms with Crippen molar-refractivity contribution >= 4 is 23.4 Å². The topological polar surface area (TPSA) is 108 Å². The lowest BCUT2D eigenvalue weighted by molar-refractivity contribution is -0.114. The van der Waals surface area contributed by atoms with Gasteiger partial charge in [0.1, 0.15) is 5.56 Å². The number of hydrazone groups is 1. The van der Waals surface area contributed by atoms with Crippen LogP contribution < -0.4 is 16.3 Å². The number of aromatic hydroxyl groups is 1. The van der Waals surface area contributed by atoms with E-state index in [-0.39, 0.29) is 11.1 Å². The standard InChI is InChI=1S/C22H18N4O4/c1-13-8-10-15(11-9-13)25-20(28)18(19(27)23-22(25)30)12-17-14(2)24-26(21(17)29)16-6-4-3-5-7-16/h3-12,28H,1-2H3,(H,23,27,30). The van der Waals surface area contributed by atoms with Crippen LogP contribution in [0.3, 0.4) is 0 Å². The molecular weight excluding hydrogens is 384 g/mol. The first-order chi connectivity index (χ1) is 14.4. The first-order valence-corrected chi connectivity index (χ1v) is 9.19. The van der Waals surface area contributed by atoms with Crippen molar-refractivity contribution in [2.24, 2.45) is 5.10 Å². The Kier molecular flexibility index (Phi) is 4.67. The van der Waals surface area contributed by atoms with Gasteiger partial charge in [0.05, 0.1) is 22.7 Å². The number of nitrogens with one attached hydrogen (secondary N) is 1. The van der Waals surface area contributed by atoms with Crippen LogP contribution in [0.4, 0.5) is 5.69 Å². The summed E-state index contributed by atoms with van der Waals surface area (Å²) >= 11 is 0. The van der Waals surface area contributed by atoms with E-state index in [0.717, 1.165) is 10.1 Å². The van der Waals surface area contributed by atoms with Gasteiger partial charge in [0, 0.05) is 0 Å². The largest absolute Gasteiger partial charge is 0.494 e. The molecule has 0 saturated carbocycles. The molecule has 0 atom stereocenters. The number of carbonyl (C=O) groups is 1. The molecule has 0 spiro atoms. The van der Waals surface area contributed by atoms with E-state index in [1.807, 2.05) is 13.0 Å². The number of nitrogens with zero attached hydrogens (tertiary/aromatic N) is 3. The van der Waals surface area contributed by atoms with Crippen molar-refractivity contribution in [1.82, 2.24) is 9.55 Å². The van der Waals surface area contributed by atoms with Gasteiger partial charge in [0.15, 0.2) is 0 Å². The molecule has 1 amide bonds. The predicted octanol–water partition coefficient (Wildman–Crippen LogP) is 2.35. The summed E-state index contributed by atoms with van der Waals surface area (Å²) in [6.45, 7) is 3.52. The van der Waals surface area contributed by atoms with Crippen LogP contribution in [-0.2, 0) is 4.79 Å². The minimum Gasteiger partial charge on any atom is -0.494 e. The maximum atomic E-state index is 12.9. The van der Waals surface area contributed by atoms with Crippen LogP contribution in [-0.4, -0.2) is 26.3 Å². The highest BCUT2D eigenvalue weighted by Crippen LogP contribution is 2.26. The number of hydrogen-bond donors (Lipinski definition) is 2. The van der Waals surface area contributed by atoms with Crippen molar-refractivity contribution < 1.29 is 9.90 Å². The summed E-state index contributed by atoms with van der Waals surface area (Å²) in [6.07, 6.45) is 1.25. The van der Waals surface area contributed by atoms with Gasteiger partial charge in [-0.1, -0.05) is 35.9 Å². The Balaban J connectivity index is 1.83. The molecule has 150 valence electrons. The van der Waals surface area contributed by atoms with Crippen LogP contribution in [0.25, 0.3) is 11.8 Å². The summed E-state index contributed by atoms with van der Waals surface area (Å²) in [7, 11) is 0. The first kappa shape index (κ1) is 19.1. The second kappa shape index (κ2) is 7.32. The lowest BCUT2D eigenvalue weighted by Gasteiger charge is -2.12. The fourth-order valence-electron chi connectivity index (χ4n) is 3.17. The maximum Gasteiger partial charge on any atom is 0.335 e.